The minimum Gasteiger partial charge on any atom is -0.315 e. The van der Waals surface area contributed by atoms with E-state index in [1.807, 2.05) is 0 Å². The van der Waals surface area contributed by atoms with Crippen LogP contribution in [0, 0.1) is 11.7 Å². The zero-order chi connectivity index (χ0) is 21.7. The Labute approximate surface area is 179 Å². The Morgan fingerprint density at radius 2 is 2.07 bits per heavy atom. The fraction of sp³-hybridized carbons (Fsp3) is 0.389. The minimum atomic E-state index is -3.33. The Hall–Kier alpha value is -2.57. The van der Waals surface area contributed by atoms with E-state index in [2.05, 4.69) is 21.3 Å². The van der Waals surface area contributed by atoms with Gasteiger partial charge in [0.2, 0.25) is 15.9 Å². The third-order valence-corrected chi connectivity index (χ3v) is 6.17. The molecule has 3 N–H and O–H groups in total. The second kappa shape index (κ2) is 9.49. The highest BCUT2D eigenvalue weighted by atomic mass is 32.2. The third-order valence-electron chi connectivity index (χ3n) is 4.70. The fourth-order valence-corrected chi connectivity index (χ4v) is 4.21. The molecule has 9 nitrogen and oxygen atoms in total. The fourth-order valence-electron chi connectivity index (χ4n) is 3.14. The zero-order valence-electron chi connectivity index (χ0n) is 16.3. The summed E-state index contributed by atoms with van der Waals surface area (Å²) in [6.45, 7) is 0.836. The molecule has 0 saturated carbocycles. The van der Waals surface area contributed by atoms with Gasteiger partial charge in [0, 0.05) is 30.9 Å². The smallest absolute Gasteiger partial charge is 0.242 e. The highest BCUT2D eigenvalue weighted by molar-refractivity contribution is 7.88. The van der Waals surface area contributed by atoms with Crippen molar-refractivity contribution in [3.05, 3.63) is 47.9 Å². The Balaban J connectivity index is 1.47. The summed E-state index contributed by atoms with van der Waals surface area (Å²) in [5.41, 5.74) is 5.60. The average molecular weight is 455 g/mol. The maximum Gasteiger partial charge on any atom is 0.242 e. The van der Waals surface area contributed by atoms with Gasteiger partial charge in [0.25, 0.3) is 0 Å². The van der Waals surface area contributed by atoms with Gasteiger partial charge in [0.1, 0.15) is 5.82 Å². The number of nitrogens with zero attached hydrogens (tertiary/aromatic N) is 3. The summed E-state index contributed by atoms with van der Waals surface area (Å²) in [4.78, 5) is 12.3. The second-order valence-corrected chi connectivity index (χ2v) is 9.41. The maximum atomic E-state index is 13.7. The number of carbonyl (C=O) groups is 1. The van der Waals surface area contributed by atoms with Gasteiger partial charge in [0.15, 0.2) is 10.9 Å². The van der Waals surface area contributed by atoms with Crippen LogP contribution in [0.2, 0.25) is 0 Å². The van der Waals surface area contributed by atoms with Crippen LogP contribution in [-0.4, -0.2) is 52.9 Å². The number of piperidine rings is 1. The van der Waals surface area contributed by atoms with Crippen LogP contribution in [0.3, 0.4) is 0 Å². The van der Waals surface area contributed by atoms with Crippen molar-refractivity contribution in [3.8, 4) is 0 Å². The molecule has 0 aliphatic carbocycles. The number of carbonyl (C=O) groups excluding carboxylic acids is 1. The molecule has 1 aromatic heterocycles. The first kappa shape index (κ1) is 22.1. The summed E-state index contributed by atoms with van der Waals surface area (Å²) in [5.74, 6) is -0.667. The van der Waals surface area contributed by atoms with E-state index in [9.17, 15) is 17.6 Å². The molecule has 0 spiro atoms. The van der Waals surface area contributed by atoms with Crippen LogP contribution in [0.25, 0.3) is 0 Å². The van der Waals surface area contributed by atoms with Crippen molar-refractivity contribution in [3.63, 3.8) is 0 Å². The highest BCUT2D eigenvalue weighted by Crippen LogP contribution is 2.18. The molecule has 0 radical (unpaired) electrons. The van der Waals surface area contributed by atoms with E-state index in [1.165, 1.54) is 10.4 Å². The normalized spacial score (nSPS) is 17.3. The van der Waals surface area contributed by atoms with Gasteiger partial charge in [-0.25, -0.2) is 17.1 Å². The van der Waals surface area contributed by atoms with E-state index >= 15 is 0 Å². The lowest BCUT2D eigenvalue weighted by Gasteiger charge is -2.30. The number of benzene rings is 1. The molecule has 0 unspecified atom stereocenters. The first-order valence-electron chi connectivity index (χ1n) is 9.31. The Morgan fingerprint density at radius 1 is 1.30 bits per heavy atom. The number of rotatable bonds is 5. The molecule has 2 aromatic rings. The van der Waals surface area contributed by atoms with Gasteiger partial charge in [-0.3, -0.25) is 20.3 Å². The molecule has 1 amide bonds. The number of nitrogens with one attached hydrogen (secondary N) is 3. The largest absolute Gasteiger partial charge is 0.315 e. The van der Waals surface area contributed by atoms with Gasteiger partial charge in [-0.15, -0.1) is 0 Å². The monoisotopic (exact) mass is 454 g/mol. The second-order valence-electron chi connectivity index (χ2n) is 7.02. The van der Waals surface area contributed by atoms with Crippen LogP contribution >= 0.6 is 12.2 Å². The van der Waals surface area contributed by atoms with E-state index in [1.54, 1.807) is 35.1 Å². The van der Waals surface area contributed by atoms with Crippen molar-refractivity contribution in [2.24, 2.45) is 5.92 Å². The number of thiocarbonyl (C=S) groups is 1. The van der Waals surface area contributed by atoms with Crippen LogP contribution in [0.4, 0.5) is 10.2 Å². The molecule has 1 aliphatic heterocycles. The molecule has 2 heterocycles. The minimum absolute atomic E-state index is 0.121. The lowest BCUT2D eigenvalue weighted by molar-refractivity contribution is -0.126. The molecule has 12 heteroatoms. The Kier molecular flexibility index (Phi) is 7.00. The summed E-state index contributed by atoms with van der Waals surface area (Å²) in [6, 6.07) is 8.12. The van der Waals surface area contributed by atoms with Gasteiger partial charge < -0.3 is 5.32 Å². The predicted octanol–water partition coefficient (Wildman–Crippen LogP) is 1.06. The topological polar surface area (TPSA) is 108 Å². The van der Waals surface area contributed by atoms with E-state index in [4.69, 9.17) is 12.2 Å². The molecule has 1 fully saturated rings. The molecule has 1 aromatic carbocycles. The number of hydrogen-bond acceptors (Lipinski definition) is 5. The zero-order valence-corrected chi connectivity index (χ0v) is 18.0. The molecular weight excluding hydrogens is 431 g/mol. The predicted molar refractivity (Wildman–Crippen MR) is 114 cm³/mol. The van der Waals surface area contributed by atoms with Crippen LogP contribution in [0.5, 0.6) is 0 Å². The van der Waals surface area contributed by atoms with Gasteiger partial charge >= 0.3 is 0 Å². The van der Waals surface area contributed by atoms with E-state index in [-0.39, 0.29) is 29.9 Å². The van der Waals surface area contributed by atoms with Crippen molar-refractivity contribution < 1.29 is 17.6 Å². The van der Waals surface area contributed by atoms with Crippen molar-refractivity contribution in [2.45, 2.75) is 19.4 Å². The van der Waals surface area contributed by atoms with Crippen LogP contribution < -0.4 is 16.2 Å². The summed E-state index contributed by atoms with van der Waals surface area (Å²) >= 11 is 5.15. The first-order valence-corrected chi connectivity index (χ1v) is 11.6. The van der Waals surface area contributed by atoms with Crippen LogP contribution in [0.1, 0.15) is 18.4 Å². The summed E-state index contributed by atoms with van der Waals surface area (Å²) in [5, 5.41) is 7.21. The summed E-state index contributed by atoms with van der Waals surface area (Å²) < 4.78 is 40.0. The van der Waals surface area contributed by atoms with Gasteiger partial charge in [-0.05, 0) is 31.1 Å². The summed E-state index contributed by atoms with van der Waals surface area (Å²) in [7, 11) is -3.33. The molecule has 3 rings (SSSR count). The number of hydrogen-bond donors (Lipinski definition) is 3. The van der Waals surface area contributed by atoms with E-state index < -0.39 is 15.9 Å². The SMILES string of the molecule is CS(=O)(=O)N1CCC[C@@H](C(=O)NNC(=S)Nc2ccn(Cc3ccccc3F)n2)C1. The molecule has 30 heavy (non-hydrogen) atoms. The molecular formula is C18H23FN6O3S2. The molecule has 1 atom stereocenters. The number of sulfonamides is 1. The van der Waals surface area contributed by atoms with E-state index in [0.29, 0.717) is 30.8 Å². The first-order chi connectivity index (χ1) is 14.2. The molecule has 162 valence electrons. The lowest BCUT2D eigenvalue weighted by atomic mass is 9.99. The van der Waals surface area contributed by atoms with Gasteiger partial charge in [-0.1, -0.05) is 18.2 Å². The number of hydrazine groups is 1. The lowest BCUT2D eigenvalue weighted by Crippen LogP contribution is -2.50. The van der Waals surface area contributed by atoms with Crippen molar-refractivity contribution in [2.75, 3.05) is 24.7 Å². The summed E-state index contributed by atoms with van der Waals surface area (Å²) in [6.07, 6.45) is 4.03. The molecule has 1 aliphatic rings. The van der Waals surface area contributed by atoms with Gasteiger partial charge in [-0.2, -0.15) is 5.10 Å². The van der Waals surface area contributed by atoms with Crippen molar-refractivity contribution >= 4 is 39.1 Å². The Morgan fingerprint density at radius 3 is 2.80 bits per heavy atom. The number of halogens is 1. The quantitative estimate of drug-likeness (QED) is 0.458. The van der Waals surface area contributed by atoms with E-state index in [0.717, 1.165) is 6.26 Å². The molecule has 1 saturated heterocycles. The number of amides is 1. The molecule has 0 bridgehead atoms. The van der Waals surface area contributed by atoms with Crippen LogP contribution in [-0.2, 0) is 21.4 Å². The van der Waals surface area contributed by atoms with Crippen molar-refractivity contribution in [1.29, 1.82) is 0 Å². The van der Waals surface area contributed by atoms with Crippen LogP contribution in [0.15, 0.2) is 36.5 Å². The number of aromatic nitrogens is 2. The third kappa shape index (κ3) is 5.97. The number of anilines is 1. The average Bonchev–Trinajstić information content (AvgIpc) is 3.14. The standard InChI is InChI=1S/C18H23FN6O3S2/c1-30(27,28)25-9-4-6-14(12-25)17(26)21-22-18(29)20-16-8-10-24(23-16)11-13-5-2-3-7-15(13)19/h2-3,5,7-8,10,14H,4,6,9,11-12H2,1H3,(H,21,26)(H2,20,22,23,29)/t14-/m1/s1. The highest BCUT2D eigenvalue weighted by Gasteiger charge is 2.30. The Bertz CT molecular complexity index is 1030. The maximum absolute atomic E-state index is 13.7. The van der Waals surface area contributed by atoms with Crippen molar-refractivity contribution in [1.82, 2.24) is 24.9 Å². The van der Waals surface area contributed by atoms with Gasteiger partial charge in [0.05, 0.1) is 18.7 Å².